The number of piperazine rings is 1. The summed E-state index contributed by atoms with van der Waals surface area (Å²) in [5, 5.41) is 2.57. The predicted molar refractivity (Wildman–Crippen MR) is 130 cm³/mol. The summed E-state index contributed by atoms with van der Waals surface area (Å²) in [6.45, 7) is 3.10. The number of amides is 2. The summed E-state index contributed by atoms with van der Waals surface area (Å²) in [4.78, 5) is 15.2. The van der Waals surface area contributed by atoms with Crippen LogP contribution in [0.2, 0.25) is 5.02 Å². The van der Waals surface area contributed by atoms with E-state index in [1.807, 2.05) is 0 Å². The fourth-order valence-electron chi connectivity index (χ4n) is 4.41. The van der Waals surface area contributed by atoms with Gasteiger partial charge in [0.15, 0.2) is 0 Å². The van der Waals surface area contributed by atoms with Crippen LogP contribution in [0.5, 0.6) is 0 Å². The second-order valence-corrected chi connectivity index (χ2v) is 11.0. The molecule has 1 N–H and O–H groups in total. The molecule has 0 aliphatic carbocycles. The van der Waals surface area contributed by atoms with Gasteiger partial charge in [-0.15, -0.1) is 0 Å². The molecule has 2 heterocycles. The first-order valence-corrected chi connectivity index (χ1v) is 13.3. The molecule has 0 saturated carbocycles. The van der Waals surface area contributed by atoms with Gasteiger partial charge in [0.2, 0.25) is 10.0 Å². The van der Waals surface area contributed by atoms with E-state index >= 15 is 0 Å². The number of benzene rings is 2. The van der Waals surface area contributed by atoms with E-state index in [9.17, 15) is 30.8 Å². The molecular weight excluding hydrogens is 540 g/mol. The summed E-state index contributed by atoms with van der Waals surface area (Å²) in [6, 6.07) is 5.40. The highest BCUT2D eigenvalue weighted by Crippen LogP contribution is 2.38. The molecule has 2 aliphatic heterocycles. The topological polar surface area (TPSA) is 82.2 Å². The van der Waals surface area contributed by atoms with Gasteiger partial charge in [-0.05, 0) is 43.3 Å². The highest BCUT2D eigenvalue weighted by Gasteiger charge is 2.39. The van der Waals surface area contributed by atoms with E-state index in [1.165, 1.54) is 27.4 Å². The van der Waals surface area contributed by atoms with Gasteiger partial charge in [-0.1, -0.05) is 11.6 Å². The Balaban J connectivity index is 1.49. The normalized spacial score (nSPS) is 19.7. The van der Waals surface area contributed by atoms with Crippen molar-refractivity contribution in [2.75, 3.05) is 56.2 Å². The van der Waals surface area contributed by atoms with Crippen LogP contribution < -0.4 is 10.2 Å². The van der Waals surface area contributed by atoms with Crippen LogP contribution in [0.1, 0.15) is 12.5 Å². The number of anilines is 2. The number of morpholine rings is 1. The number of nitrogens with one attached hydrogen (secondary N) is 1. The van der Waals surface area contributed by atoms with E-state index in [-0.39, 0.29) is 41.3 Å². The number of hydrogen-bond acceptors (Lipinski definition) is 5. The minimum atomic E-state index is -4.77. The summed E-state index contributed by atoms with van der Waals surface area (Å²) < 4.78 is 87.1. The number of sulfonamides is 1. The van der Waals surface area contributed by atoms with Gasteiger partial charge < -0.3 is 19.9 Å². The molecule has 8 nitrogen and oxygen atoms in total. The number of halogens is 5. The van der Waals surface area contributed by atoms with Crippen molar-refractivity contribution in [2.24, 2.45) is 0 Å². The first-order valence-electron chi connectivity index (χ1n) is 11.4. The Labute approximate surface area is 216 Å². The Hall–Kier alpha value is -2.61. The van der Waals surface area contributed by atoms with Crippen LogP contribution in [0.15, 0.2) is 41.3 Å². The lowest BCUT2D eigenvalue weighted by atomic mass is 10.1. The lowest BCUT2D eigenvalue weighted by molar-refractivity contribution is -0.137. The molecule has 2 aromatic rings. The number of hydrogen-bond donors (Lipinski definition) is 1. The van der Waals surface area contributed by atoms with E-state index < -0.39 is 33.6 Å². The summed E-state index contributed by atoms with van der Waals surface area (Å²) in [5.41, 5.74) is -1.01. The van der Waals surface area contributed by atoms with E-state index in [0.717, 1.165) is 12.1 Å². The van der Waals surface area contributed by atoms with Crippen molar-refractivity contribution in [1.29, 1.82) is 0 Å². The number of carbonyl (C=O) groups is 1. The molecule has 0 unspecified atom stereocenters. The zero-order valence-corrected chi connectivity index (χ0v) is 21.3. The lowest BCUT2D eigenvalue weighted by Gasteiger charge is -2.40. The zero-order valence-electron chi connectivity index (χ0n) is 19.8. The largest absolute Gasteiger partial charge is 0.418 e. The highest BCUT2D eigenvalue weighted by atomic mass is 35.5. The average molecular weight is 565 g/mol. The van der Waals surface area contributed by atoms with Crippen molar-refractivity contribution in [3.8, 4) is 0 Å². The van der Waals surface area contributed by atoms with Crippen molar-refractivity contribution in [1.82, 2.24) is 9.21 Å². The van der Waals surface area contributed by atoms with E-state index in [1.54, 1.807) is 11.8 Å². The van der Waals surface area contributed by atoms with Gasteiger partial charge >= 0.3 is 12.2 Å². The van der Waals surface area contributed by atoms with Gasteiger partial charge in [-0.2, -0.15) is 17.5 Å². The Kier molecular flexibility index (Phi) is 7.88. The number of alkyl halides is 3. The molecule has 0 aromatic heterocycles. The van der Waals surface area contributed by atoms with Crippen molar-refractivity contribution >= 4 is 39.0 Å². The van der Waals surface area contributed by atoms with Gasteiger partial charge in [0.1, 0.15) is 10.7 Å². The molecule has 0 radical (unpaired) electrons. The van der Waals surface area contributed by atoms with Gasteiger partial charge in [-0.25, -0.2) is 17.6 Å². The maximum Gasteiger partial charge on any atom is 0.418 e. The standard InChI is InChI=1S/C23H25ClF4N4O4S/c1-15-14-31(20-4-2-16(25)12-18(20)23(26,27)28)6-7-32(15)37(34,35)21-5-3-17(13-19(21)24)29-22(33)30-8-10-36-11-9-30/h2-5,12-13,15H,6-11,14H2,1H3,(H,29,33)/t15-/m1/s1. The number of carbonyl (C=O) groups excluding carboxylic acids is 1. The van der Waals surface area contributed by atoms with Crippen LogP contribution in [0.4, 0.5) is 33.7 Å². The van der Waals surface area contributed by atoms with E-state index in [0.29, 0.717) is 38.1 Å². The second kappa shape index (κ2) is 10.6. The minimum Gasteiger partial charge on any atom is -0.378 e. The average Bonchev–Trinajstić information content (AvgIpc) is 2.83. The van der Waals surface area contributed by atoms with Gasteiger partial charge in [0, 0.05) is 50.1 Å². The SMILES string of the molecule is C[C@@H]1CN(c2ccc(F)cc2C(F)(F)F)CCN1S(=O)(=O)c1ccc(NC(=O)N2CCOCC2)cc1Cl. The number of nitrogens with zero attached hydrogens (tertiary/aromatic N) is 3. The third-order valence-corrected chi connectivity index (χ3v) is 8.74. The molecule has 2 amide bonds. The van der Waals surface area contributed by atoms with Crippen molar-refractivity contribution in [3.63, 3.8) is 0 Å². The third kappa shape index (κ3) is 5.95. The lowest BCUT2D eigenvalue weighted by Crippen LogP contribution is -2.54. The van der Waals surface area contributed by atoms with Crippen LogP contribution in [0, 0.1) is 5.82 Å². The van der Waals surface area contributed by atoms with Crippen molar-refractivity contribution < 1.29 is 35.5 Å². The van der Waals surface area contributed by atoms with Crippen LogP contribution in [0.3, 0.4) is 0 Å². The minimum absolute atomic E-state index is 0.0381. The monoisotopic (exact) mass is 564 g/mol. The second-order valence-electron chi connectivity index (χ2n) is 8.74. The van der Waals surface area contributed by atoms with Gasteiger partial charge in [-0.3, -0.25) is 0 Å². The van der Waals surface area contributed by atoms with Gasteiger partial charge in [0.05, 0.1) is 23.8 Å². The Morgan fingerprint density at radius 2 is 1.78 bits per heavy atom. The fraction of sp³-hybridized carbons (Fsp3) is 0.435. The molecule has 202 valence electrons. The van der Waals surface area contributed by atoms with Crippen LogP contribution in [-0.2, 0) is 20.9 Å². The number of ether oxygens (including phenoxy) is 1. The molecule has 2 aromatic carbocycles. The molecule has 37 heavy (non-hydrogen) atoms. The molecule has 0 bridgehead atoms. The third-order valence-electron chi connectivity index (χ3n) is 6.24. The van der Waals surface area contributed by atoms with Crippen LogP contribution in [-0.4, -0.2) is 75.6 Å². The molecule has 2 aliphatic rings. The smallest absolute Gasteiger partial charge is 0.378 e. The fourth-order valence-corrected chi connectivity index (χ4v) is 6.54. The summed E-state index contributed by atoms with van der Waals surface area (Å²) in [6.07, 6.45) is -4.77. The Morgan fingerprint density at radius 1 is 1.08 bits per heavy atom. The van der Waals surface area contributed by atoms with E-state index in [2.05, 4.69) is 5.32 Å². The Morgan fingerprint density at radius 3 is 2.41 bits per heavy atom. The van der Waals surface area contributed by atoms with E-state index in [4.69, 9.17) is 16.3 Å². The quantitative estimate of drug-likeness (QED) is 0.561. The van der Waals surface area contributed by atoms with Crippen molar-refractivity contribution in [3.05, 3.63) is 52.8 Å². The molecule has 4 rings (SSSR count). The van der Waals surface area contributed by atoms with Crippen LogP contribution >= 0.6 is 11.6 Å². The summed E-state index contributed by atoms with van der Waals surface area (Å²) in [7, 11) is -4.11. The molecule has 1 atom stereocenters. The molecule has 14 heteroatoms. The maximum atomic E-state index is 13.5. The Bertz CT molecular complexity index is 1270. The number of urea groups is 1. The molecular formula is C23H25ClF4N4O4S. The molecule has 2 saturated heterocycles. The zero-order chi connectivity index (χ0) is 27.0. The number of rotatable bonds is 4. The van der Waals surface area contributed by atoms with Gasteiger partial charge in [0.25, 0.3) is 0 Å². The maximum absolute atomic E-state index is 13.5. The highest BCUT2D eigenvalue weighted by molar-refractivity contribution is 7.89. The first-order chi connectivity index (χ1) is 17.4. The van der Waals surface area contributed by atoms with Crippen LogP contribution in [0.25, 0.3) is 0 Å². The molecule has 2 fully saturated rings. The van der Waals surface area contributed by atoms with Crippen molar-refractivity contribution in [2.45, 2.75) is 24.0 Å². The predicted octanol–water partition coefficient (Wildman–Crippen LogP) is 4.26. The summed E-state index contributed by atoms with van der Waals surface area (Å²) in [5.74, 6) is -1.01. The first kappa shape index (κ1) is 27.4. The molecule has 0 spiro atoms. The summed E-state index contributed by atoms with van der Waals surface area (Å²) >= 11 is 6.30.